The van der Waals surface area contributed by atoms with Crippen LogP contribution in [0.2, 0.25) is 0 Å². The molecule has 1 unspecified atom stereocenters. The van der Waals surface area contributed by atoms with Crippen LogP contribution in [0.5, 0.6) is 0 Å². The van der Waals surface area contributed by atoms with Crippen LogP contribution in [0.15, 0.2) is 101 Å². The highest BCUT2D eigenvalue weighted by atomic mass is 32.1. The molecule has 422 valence electrons. The van der Waals surface area contributed by atoms with Crippen LogP contribution in [0.25, 0.3) is 10.4 Å². The molecule has 3 heterocycles. The fourth-order valence-electron chi connectivity index (χ4n) is 8.65. The number of aromatic nitrogens is 2. The molecule has 1 saturated heterocycles. The zero-order chi connectivity index (χ0) is 56.9. The number of amidine groups is 1. The Morgan fingerprint density at radius 1 is 0.909 bits per heavy atom. The molecule has 6 N–H and O–H groups in total. The van der Waals surface area contributed by atoms with Crippen molar-refractivity contribution < 1.29 is 19.2 Å². The van der Waals surface area contributed by atoms with Gasteiger partial charge in [-0.05, 0) is 131 Å². The van der Waals surface area contributed by atoms with Crippen molar-refractivity contribution in [3.63, 3.8) is 0 Å². The molecule has 2 aliphatic rings. The van der Waals surface area contributed by atoms with Crippen molar-refractivity contribution in [2.24, 2.45) is 21.3 Å². The van der Waals surface area contributed by atoms with E-state index < -0.39 is 0 Å². The molecule has 0 saturated carbocycles. The normalized spacial score (nSPS) is 13.5. The molecule has 0 radical (unpaired) electrons. The summed E-state index contributed by atoms with van der Waals surface area (Å²) in [5.41, 5.74) is 16.2. The maximum absolute atomic E-state index is 13.0. The molecular weight excluding hydrogens is 985 g/mol. The Kier molecular flexibility index (Phi) is 33.8. The summed E-state index contributed by atoms with van der Waals surface area (Å²) in [5.74, 6) is 0.721. The molecule has 1 fully saturated rings. The molecule has 16 nitrogen and oxygen atoms in total. The highest BCUT2D eigenvalue weighted by Crippen LogP contribution is 2.28. The van der Waals surface area contributed by atoms with Gasteiger partial charge in [-0.15, -0.1) is 17.9 Å². The van der Waals surface area contributed by atoms with Crippen molar-refractivity contribution in [1.29, 1.82) is 0 Å². The van der Waals surface area contributed by atoms with Crippen LogP contribution in [0.3, 0.4) is 0 Å². The largest absolute Gasteiger partial charge is 0.369 e. The van der Waals surface area contributed by atoms with Crippen molar-refractivity contribution in [2.45, 2.75) is 126 Å². The number of rotatable bonds is 26. The summed E-state index contributed by atoms with van der Waals surface area (Å²) in [7, 11) is 1.96. The predicted octanol–water partition coefficient (Wildman–Crippen LogP) is 10.4. The quantitative estimate of drug-likeness (QED) is 0.00663. The maximum atomic E-state index is 13.0. The van der Waals surface area contributed by atoms with E-state index in [1.54, 1.807) is 17.4 Å². The SMILES string of the molecule is C=CCNC(=O)C(=C/N=C)/C(=N\CNc1ccc(N2CCN(CCCCCC(=O)NNCCCC(C=O)CC(C)(C)C)CC2)cc1)Nc1ccc2c(n1)CCC2.C=O.CC.CC.CNCc1ccc(-c2scnc2C)cc1. The van der Waals surface area contributed by atoms with Crippen molar-refractivity contribution in [2.75, 3.05) is 75.1 Å². The van der Waals surface area contributed by atoms with E-state index in [1.807, 2.05) is 72.2 Å². The summed E-state index contributed by atoms with van der Waals surface area (Å²) in [5, 5.41) is 12.5. The third-order valence-corrected chi connectivity index (χ3v) is 13.3. The zero-order valence-corrected chi connectivity index (χ0v) is 48.8. The number of hydrazine groups is 1. The number of fused-ring (bicyclic) bond motifs is 1. The number of aryl methyl sites for hydroxylation is 3. The van der Waals surface area contributed by atoms with Gasteiger partial charge in [-0.25, -0.2) is 20.4 Å². The average Bonchev–Trinajstić information content (AvgIpc) is 4.11. The highest BCUT2D eigenvalue weighted by Gasteiger charge is 2.21. The van der Waals surface area contributed by atoms with Crippen LogP contribution in [-0.4, -0.2) is 112 Å². The summed E-state index contributed by atoms with van der Waals surface area (Å²) >= 11 is 1.70. The van der Waals surface area contributed by atoms with Crippen molar-refractivity contribution in [1.82, 2.24) is 36.4 Å². The molecule has 1 aliphatic carbocycles. The van der Waals surface area contributed by atoms with Crippen molar-refractivity contribution in [3.8, 4) is 10.4 Å². The van der Waals surface area contributed by atoms with Gasteiger partial charge in [-0.2, -0.15) is 0 Å². The predicted molar refractivity (Wildman–Crippen MR) is 324 cm³/mol. The first kappa shape index (κ1) is 66.7. The smallest absolute Gasteiger partial charge is 0.256 e. The van der Waals surface area contributed by atoms with E-state index in [9.17, 15) is 14.4 Å². The number of unbranched alkanes of at least 4 members (excludes halogenated alkanes) is 2. The number of aldehydes is 1. The Morgan fingerprint density at radius 2 is 1.62 bits per heavy atom. The van der Waals surface area contributed by atoms with Crippen LogP contribution in [-0.2, 0) is 38.6 Å². The van der Waals surface area contributed by atoms with Gasteiger partial charge in [-0.1, -0.05) is 91.3 Å². The third kappa shape index (κ3) is 25.5. The van der Waals surface area contributed by atoms with Crippen molar-refractivity contribution in [3.05, 3.63) is 113 Å². The molecule has 1 aliphatic heterocycles. The van der Waals surface area contributed by atoms with Gasteiger partial charge in [-0.3, -0.25) is 24.9 Å². The molecule has 77 heavy (non-hydrogen) atoms. The van der Waals surface area contributed by atoms with E-state index in [2.05, 4.69) is 128 Å². The lowest BCUT2D eigenvalue weighted by Crippen LogP contribution is -2.46. The van der Waals surface area contributed by atoms with E-state index in [4.69, 9.17) is 14.8 Å². The van der Waals surface area contributed by atoms with Crippen LogP contribution in [0.1, 0.15) is 122 Å². The number of amides is 2. The lowest BCUT2D eigenvalue weighted by atomic mass is 9.83. The number of carbonyl (C=O) groups excluding carboxylic acids is 4. The number of aliphatic imine (C=N–C) groups is 2. The van der Waals surface area contributed by atoms with Gasteiger partial charge in [0.2, 0.25) is 5.91 Å². The summed E-state index contributed by atoms with van der Waals surface area (Å²) in [6.07, 6.45) is 13.2. The van der Waals surface area contributed by atoms with E-state index >= 15 is 0 Å². The topological polar surface area (TPSA) is 197 Å². The minimum atomic E-state index is -0.341. The molecule has 2 aromatic carbocycles. The lowest BCUT2D eigenvalue weighted by molar-refractivity contribution is -0.122. The number of hydrogen-bond donors (Lipinski definition) is 6. The Bertz CT molecular complexity index is 2370. The molecule has 6 rings (SSSR count). The fraction of sp³-hybridized carbons (Fsp3) is 0.500. The molecule has 0 bridgehead atoms. The Hall–Kier alpha value is -6.40. The van der Waals surface area contributed by atoms with Gasteiger partial charge >= 0.3 is 0 Å². The minimum Gasteiger partial charge on any atom is -0.369 e. The molecule has 17 heteroatoms. The first-order valence-corrected chi connectivity index (χ1v) is 28.3. The number of benzene rings is 2. The van der Waals surface area contributed by atoms with E-state index in [1.165, 1.54) is 33.5 Å². The number of hydrogen-bond acceptors (Lipinski definition) is 14. The molecule has 2 aromatic heterocycles. The first-order chi connectivity index (χ1) is 37.4. The van der Waals surface area contributed by atoms with E-state index in [-0.39, 0.29) is 35.4 Å². The number of carbonyl (C=O) groups is 4. The minimum absolute atomic E-state index is 0.0234. The van der Waals surface area contributed by atoms with Crippen LogP contribution in [0.4, 0.5) is 17.2 Å². The first-order valence-electron chi connectivity index (χ1n) is 27.5. The van der Waals surface area contributed by atoms with Crippen LogP contribution >= 0.6 is 11.3 Å². The van der Waals surface area contributed by atoms with Crippen LogP contribution in [0, 0.1) is 18.3 Å². The summed E-state index contributed by atoms with van der Waals surface area (Å²) in [6.45, 7) is 32.8. The van der Waals surface area contributed by atoms with Gasteiger partial charge < -0.3 is 35.8 Å². The van der Waals surface area contributed by atoms with Gasteiger partial charge in [0.25, 0.3) is 5.91 Å². The Balaban J connectivity index is 0.000000808. The number of pyridine rings is 1. The molecule has 0 spiro atoms. The van der Waals surface area contributed by atoms with Gasteiger partial charge in [0.1, 0.15) is 31.4 Å². The summed E-state index contributed by atoms with van der Waals surface area (Å²) < 4.78 is 0. The third-order valence-electron chi connectivity index (χ3n) is 12.3. The summed E-state index contributed by atoms with van der Waals surface area (Å²) in [6, 6.07) is 21.0. The molecule has 1 atom stereocenters. The average molecular weight is 1080 g/mol. The zero-order valence-electron chi connectivity index (χ0n) is 47.9. The van der Waals surface area contributed by atoms with Crippen molar-refractivity contribution >= 4 is 66.0 Å². The Labute approximate surface area is 465 Å². The number of anilines is 3. The van der Waals surface area contributed by atoms with Gasteiger partial charge in [0.05, 0.1) is 21.7 Å². The van der Waals surface area contributed by atoms with Crippen LogP contribution < -0.4 is 37.0 Å². The number of nitrogens with zero attached hydrogens (tertiary/aromatic N) is 6. The van der Waals surface area contributed by atoms with Gasteiger partial charge in [0, 0.05) is 81.4 Å². The second-order valence-corrected chi connectivity index (χ2v) is 20.2. The Morgan fingerprint density at radius 3 is 2.25 bits per heavy atom. The maximum Gasteiger partial charge on any atom is 0.256 e. The molecular formula is C60H92N12O4S. The fourth-order valence-corrected chi connectivity index (χ4v) is 9.46. The lowest BCUT2D eigenvalue weighted by Gasteiger charge is -2.36. The van der Waals surface area contributed by atoms with E-state index in [0.29, 0.717) is 31.2 Å². The second kappa shape index (κ2) is 39.0. The monoisotopic (exact) mass is 1080 g/mol. The van der Waals surface area contributed by atoms with E-state index in [0.717, 1.165) is 120 Å². The standard InChI is InChI=1S/C43H64N10O3.C12H14N2S.2C2H6.CH2O/c1-6-22-45-42(56)37(30-44-5)41(50-39-21-16-34-13-10-14-38(34)49-39)47-32-46-35-17-19-36(20-18-35)53-27-25-52(26-28-53)24-9-7-8-15-40(55)51-48-23-11-12-33(31-54)29-43(2,3)4;1-9-12(15-8-14-9)11-5-3-10(4-6-11)7-13-2;3*1-2/h6,16-21,30-31,33,46,48H,1,5,7-15,22-29,32H2,2-4H3,(H,45,56)(H,51,55)(H,47,49,50);3-6,8,13H,7H2,1-2H3;2*1-2H3;1H2/b37-30+;;;;. The highest BCUT2D eigenvalue weighted by molar-refractivity contribution is 7.13. The summed E-state index contributed by atoms with van der Waals surface area (Å²) in [4.78, 5) is 68.4. The molecule has 4 aromatic rings. The second-order valence-electron chi connectivity index (χ2n) is 19.3. The number of piperazine rings is 1. The molecule has 2 amide bonds. The van der Waals surface area contributed by atoms with Gasteiger partial charge in [0.15, 0.2) is 0 Å². The number of nitrogens with one attached hydrogen (secondary N) is 6. The number of thiazole rings is 1.